The first-order chi connectivity index (χ1) is 9.63. The highest BCUT2D eigenvalue weighted by atomic mass is 35.5. The highest BCUT2D eigenvalue weighted by Crippen LogP contribution is 2.15. The smallest absolute Gasteiger partial charge is 0.257 e. The van der Waals surface area contributed by atoms with Crippen LogP contribution >= 0.6 is 11.6 Å². The fourth-order valence-corrected chi connectivity index (χ4v) is 1.68. The number of halogens is 1. The molecule has 1 amide bonds. The number of nitrogens with one attached hydrogen (secondary N) is 1. The number of aryl methyl sites for hydroxylation is 1. The molecule has 0 spiro atoms. The van der Waals surface area contributed by atoms with Crippen LogP contribution in [0.3, 0.4) is 0 Å². The second-order valence-electron chi connectivity index (χ2n) is 4.21. The quantitative estimate of drug-likeness (QED) is 0.888. The highest BCUT2D eigenvalue weighted by Gasteiger charge is 2.04. The zero-order valence-electron chi connectivity index (χ0n) is 11.1. The van der Waals surface area contributed by atoms with E-state index in [0.29, 0.717) is 29.6 Å². The number of carbonyl (C=O) groups excluding carboxylic acids is 1. The Hall–Kier alpha value is -2.01. The highest BCUT2D eigenvalue weighted by molar-refractivity contribution is 6.30. The van der Waals surface area contributed by atoms with E-state index in [2.05, 4.69) is 10.3 Å². The van der Waals surface area contributed by atoms with Gasteiger partial charge in [-0.15, -0.1) is 0 Å². The number of nitrogens with zero attached hydrogens (tertiary/aromatic N) is 1. The van der Waals surface area contributed by atoms with Crippen molar-refractivity contribution in [2.24, 2.45) is 0 Å². The monoisotopic (exact) mass is 294 g/mol. The SMILES string of the molecule is Cc1cnc(CCNC(=O)COc2ccc(Cl)cc2)o1. The number of amides is 1. The summed E-state index contributed by atoms with van der Waals surface area (Å²) in [6.07, 6.45) is 2.21. The van der Waals surface area contributed by atoms with Gasteiger partial charge in [0.2, 0.25) is 0 Å². The van der Waals surface area contributed by atoms with Crippen LogP contribution in [0.1, 0.15) is 11.7 Å². The predicted molar refractivity (Wildman–Crippen MR) is 74.9 cm³/mol. The van der Waals surface area contributed by atoms with Gasteiger partial charge >= 0.3 is 0 Å². The van der Waals surface area contributed by atoms with Crippen molar-refractivity contribution in [3.05, 3.63) is 47.1 Å². The number of carbonyl (C=O) groups is 1. The number of aromatic nitrogens is 1. The number of hydrogen-bond acceptors (Lipinski definition) is 4. The molecule has 0 aliphatic heterocycles. The maximum absolute atomic E-state index is 11.6. The maximum atomic E-state index is 11.6. The number of hydrogen-bond donors (Lipinski definition) is 1. The minimum Gasteiger partial charge on any atom is -0.484 e. The van der Waals surface area contributed by atoms with Gasteiger partial charge in [0, 0.05) is 18.0 Å². The van der Waals surface area contributed by atoms with Gasteiger partial charge in [-0.25, -0.2) is 4.98 Å². The molecule has 0 aliphatic rings. The Bertz CT molecular complexity index is 566. The lowest BCUT2D eigenvalue weighted by atomic mass is 10.3. The summed E-state index contributed by atoms with van der Waals surface area (Å²) in [4.78, 5) is 15.6. The van der Waals surface area contributed by atoms with Gasteiger partial charge in [0.25, 0.3) is 5.91 Å². The molecule has 0 radical (unpaired) electrons. The average molecular weight is 295 g/mol. The molecule has 20 heavy (non-hydrogen) atoms. The molecule has 2 aromatic rings. The van der Waals surface area contributed by atoms with E-state index in [4.69, 9.17) is 20.8 Å². The van der Waals surface area contributed by atoms with Crippen LogP contribution in [-0.2, 0) is 11.2 Å². The topological polar surface area (TPSA) is 64.4 Å². The minimum absolute atomic E-state index is 0.0355. The van der Waals surface area contributed by atoms with Crippen molar-refractivity contribution in [2.45, 2.75) is 13.3 Å². The summed E-state index contributed by atoms with van der Waals surface area (Å²) in [7, 11) is 0. The Balaban J connectivity index is 1.66. The summed E-state index contributed by atoms with van der Waals surface area (Å²) < 4.78 is 10.6. The molecule has 106 valence electrons. The second kappa shape index (κ2) is 6.96. The lowest BCUT2D eigenvalue weighted by Gasteiger charge is -2.06. The van der Waals surface area contributed by atoms with Crippen molar-refractivity contribution < 1.29 is 13.9 Å². The van der Waals surface area contributed by atoms with E-state index in [9.17, 15) is 4.79 Å². The third-order valence-electron chi connectivity index (χ3n) is 2.51. The first kappa shape index (κ1) is 14.4. The minimum atomic E-state index is -0.191. The number of rotatable bonds is 6. The van der Waals surface area contributed by atoms with Crippen molar-refractivity contribution in [1.82, 2.24) is 10.3 Å². The molecule has 0 saturated carbocycles. The molecular formula is C14H15ClN2O3. The fourth-order valence-electron chi connectivity index (χ4n) is 1.56. The van der Waals surface area contributed by atoms with Crippen LogP contribution in [0.2, 0.25) is 5.02 Å². The Kier molecular flexibility index (Phi) is 5.01. The predicted octanol–water partition coefficient (Wildman–Crippen LogP) is 2.37. The summed E-state index contributed by atoms with van der Waals surface area (Å²) in [6, 6.07) is 6.84. The molecule has 0 atom stereocenters. The molecule has 0 bridgehead atoms. The van der Waals surface area contributed by atoms with Crippen molar-refractivity contribution >= 4 is 17.5 Å². The van der Waals surface area contributed by atoms with E-state index in [1.165, 1.54) is 0 Å². The van der Waals surface area contributed by atoms with E-state index in [0.717, 1.165) is 5.76 Å². The normalized spacial score (nSPS) is 10.3. The van der Waals surface area contributed by atoms with Crippen molar-refractivity contribution in [1.29, 1.82) is 0 Å². The second-order valence-corrected chi connectivity index (χ2v) is 4.64. The number of benzene rings is 1. The Morgan fingerprint density at radius 2 is 2.15 bits per heavy atom. The van der Waals surface area contributed by atoms with Gasteiger partial charge in [0.15, 0.2) is 12.5 Å². The molecule has 0 aliphatic carbocycles. The molecule has 0 saturated heterocycles. The standard InChI is InChI=1S/C14H15ClN2O3/c1-10-8-17-14(20-10)6-7-16-13(18)9-19-12-4-2-11(15)3-5-12/h2-5,8H,6-7,9H2,1H3,(H,16,18). The van der Waals surface area contributed by atoms with E-state index in [1.807, 2.05) is 6.92 Å². The molecule has 2 rings (SSSR count). The first-order valence-electron chi connectivity index (χ1n) is 6.20. The molecule has 1 aromatic carbocycles. The molecule has 1 aromatic heterocycles. The third-order valence-corrected chi connectivity index (χ3v) is 2.77. The molecule has 0 unspecified atom stereocenters. The molecule has 0 fully saturated rings. The summed E-state index contributed by atoms with van der Waals surface area (Å²) >= 11 is 5.75. The Morgan fingerprint density at radius 1 is 1.40 bits per heavy atom. The zero-order chi connectivity index (χ0) is 14.4. The fraction of sp³-hybridized carbons (Fsp3) is 0.286. The van der Waals surface area contributed by atoms with Crippen LogP contribution in [0.4, 0.5) is 0 Å². The summed E-state index contributed by atoms with van der Waals surface area (Å²) in [5.41, 5.74) is 0. The summed E-state index contributed by atoms with van der Waals surface area (Å²) in [6.45, 7) is 2.25. The third kappa shape index (κ3) is 4.59. The van der Waals surface area contributed by atoms with Gasteiger partial charge in [0.05, 0.1) is 6.20 Å². The lowest BCUT2D eigenvalue weighted by molar-refractivity contribution is -0.123. The lowest BCUT2D eigenvalue weighted by Crippen LogP contribution is -2.30. The molecule has 1 heterocycles. The van der Waals surface area contributed by atoms with Crippen LogP contribution < -0.4 is 10.1 Å². The average Bonchev–Trinajstić information content (AvgIpc) is 2.84. The maximum Gasteiger partial charge on any atom is 0.257 e. The van der Waals surface area contributed by atoms with Crippen molar-refractivity contribution in [3.8, 4) is 5.75 Å². The van der Waals surface area contributed by atoms with E-state index < -0.39 is 0 Å². The van der Waals surface area contributed by atoms with E-state index in [-0.39, 0.29) is 12.5 Å². The number of ether oxygens (including phenoxy) is 1. The first-order valence-corrected chi connectivity index (χ1v) is 6.57. The molecule has 1 N–H and O–H groups in total. The zero-order valence-corrected chi connectivity index (χ0v) is 11.8. The largest absolute Gasteiger partial charge is 0.484 e. The Labute approximate surface area is 121 Å². The van der Waals surface area contributed by atoms with Crippen LogP contribution in [0.25, 0.3) is 0 Å². The van der Waals surface area contributed by atoms with Gasteiger partial charge in [-0.3, -0.25) is 4.79 Å². The van der Waals surface area contributed by atoms with Crippen LogP contribution in [0.15, 0.2) is 34.9 Å². The summed E-state index contributed by atoms with van der Waals surface area (Å²) in [5, 5.41) is 3.36. The van der Waals surface area contributed by atoms with Crippen LogP contribution in [-0.4, -0.2) is 24.0 Å². The number of oxazole rings is 1. The van der Waals surface area contributed by atoms with Gasteiger partial charge in [-0.2, -0.15) is 0 Å². The van der Waals surface area contributed by atoms with Gasteiger partial charge in [-0.1, -0.05) is 11.6 Å². The van der Waals surface area contributed by atoms with Crippen LogP contribution in [0.5, 0.6) is 5.75 Å². The van der Waals surface area contributed by atoms with E-state index in [1.54, 1.807) is 30.5 Å². The van der Waals surface area contributed by atoms with Crippen molar-refractivity contribution in [2.75, 3.05) is 13.2 Å². The van der Waals surface area contributed by atoms with Gasteiger partial charge in [0.1, 0.15) is 11.5 Å². The molecule has 6 heteroatoms. The summed E-state index contributed by atoms with van der Waals surface area (Å²) in [5.74, 6) is 1.79. The molecule has 5 nitrogen and oxygen atoms in total. The van der Waals surface area contributed by atoms with Crippen molar-refractivity contribution in [3.63, 3.8) is 0 Å². The van der Waals surface area contributed by atoms with Gasteiger partial charge in [-0.05, 0) is 31.2 Å². The molecular weight excluding hydrogens is 280 g/mol. The van der Waals surface area contributed by atoms with Gasteiger partial charge < -0.3 is 14.5 Å². The Morgan fingerprint density at radius 3 is 2.80 bits per heavy atom. The van der Waals surface area contributed by atoms with Crippen LogP contribution in [0, 0.1) is 6.92 Å². The van der Waals surface area contributed by atoms with E-state index >= 15 is 0 Å².